The van der Waals surface area contributed by atoms with Crippen LogP contribution < -0.4 is 5.32 Å². The molecule has 0 aromatic heterocycles. The molecule has 6 nitrogen and oxygen atoms in total. The van der Waals surface area contributed by atoms with Crippen LogP contribution in [0.2, 0.25) is 0 Å². The quantitative estimate of drug-likeness (QED) is 0.541. The van der Waals surface area contributed by atoms with Crippen molar-refractivity contribution >= 4 is 21.6 Å². The standard InChI is InChI=1S/C20H30N2O4S/c1-4-5-14-26-17(3)20(23)21-18-11-10-16(2)19(15-18)27(24,25)22-12-8-6-7-9-13-22/h4,10-11,15,17H,1,5-9,12-14H2,2-3H3,(H,21,23). The van der Waals surface area contributed by atoms with Crippen LogP contribution in [0, 0.1) is 6.92 Å². The van der Waals surface area contributed by atoms with E-state index in [0.29, 0.717) is 37.4 Å². The lowest BCUT2D eigenvalue weighted by Gasteiger charge is -2.22. The van der Waals surface area contributed by atoms with Crippen molar-refractivity contribution < 1.29 is 17.9 Å². The van der Waals surface area contributed by atoms with Gasteiger partial charge >= 0.3 is 0 Å². The van der Waals surface area contributed by atoms with Gasteiger partial charge in [0.15, 0.2) is 0 Å². The third-order valence-corrected chi connectivity index (χ3v) is 6.74. The Hall–Kier alpha value is -1.70. The zero-order valence-corrected chi connectivity index (χ0v) is 17.1. The minimum atomic E-state index is -3.57. The third kappa shape index (κ3) is 5.89. The molecule has 150 valence electrons. The molecular formula is C20H30N2O4S. The monoisotopic (exact) mass is 394 g/mol. The Morgan fingerprint density at radius 2 is 1.96 bits per heavy atom. The largest absolute Gasteiger partial charge is 0.368 e. The lowest BCUT2D eigenvalue weighted by molar-refractivity contribution is -0.126. The second kappa shape index (κ2) is 10.0. The van der Waals surface area contributed by atoms with E-state index in [9.17, 15) is 13.2 Å². The van der Waals surface area contributed by atoms with Gasteiger partial charge in [-0.1, -0.05) is 25.0 Å². The lowest BCUT2D eigenvalue weighted by atomic mass is 10.2. The van der Waals surface area contributed by atoms with E-state index in [2.05, 4.69) is 11.9 Å². The van der Waals surface area contributed by atoms with Gasteiger partial charge in [-0.05, 0) is 50.8 Å². The molecule has 0 spiro atoms. The van der Waals surface area contributed by atoms with Crippen LogP contribution in [0.4, 0.5) is 5.69 Å². The molecule has 1 aliphatic rings. The van der Waals surface area contributed by atoms with E-state index in [1.165, 1.54) is 0 Å². The van der Waals surface area contributed by atoms with Gasteiger partial charge < -0.3 is 10.1 Å². The maximum Gasteiger partial charge on any atom is 0.253 e. The molecular weight excluding hydrogens is 364 g/mol. The van der Waals surface area contributed by atoms with Crippen LogP contribution in [0.3, 0.4) is 0 Å². The van der Waals surface area contributed by atoms with E-state index in [1.807, 2.05) is 0 Å². The fourth-order valence-electron chi connectivity index (χ4n) is 3.02. The van der Waals surface area contributed by atoms with E-state index >= 15 is 0 Å². The number of ether oxygens (including phenoxy) is 1. The average Bonchev–Trinajstić information content (AvgIpc) is 2.93. The van der Waals surface area contributed by atoms with Gasteiger partial charge in [-0.25, -0.2) is 8.42 Å². The molecule has 0 saturated carbocycles. The topological polar surface area (TPSA) is 75.7 Å². The van der Waals surface area contributed by atoms with Crippen LogP contribution in [0.25, 0.3) is 0 Å². The number of hydrogen-bond donors (Lipinski definition) is 1. The molecule has 1 unspecified atom stereocenters. The maximum absolute atomic E-state index is 13.1. The first kappa shape index (κ1) is 21.6. The summed E-state index contributed by atoms with van der Waals surface area (Å²) in [4.78, 5) is 12.5. The van der Waals surface area contributed by atoms with Crippen molar-refractivity contribution in [2.24, 2.45) is 0 Å². The summed E-state index contributed by atoms with van der Waals surface area (Å²) < 4.78 is 33.2. The van der Waals surface area contributed by atoms with Crippen molar-refractivity contribution in [3.63, 3.8) is 0 Å². The van der Waals surface area contributed by atoms with Gasteiger partial charge in [0.25, 0.3) is 5.91 Å². The zero-order chi connectivity index (χ0) is 19.9. The van der Waals surface area contributed by atoms with Crippen molar-refractivity contribution in [1.29, 1.82) is 0 Å². The second-order valence-electron chi connectivity index (χ2n) is 6.88. The molecule has 1 saturated heterocycles. The molecule has 1 N–H and O–H groups in total. The zero-order valence-electron chi connectivity index (χ0n) is 16.2. The smallest absolute Gasteiger partial charge is 0.253 e. The molecule has 0 bridgehead atoms. The number of rotatable bonds is 8. The van der Waals surface area contributed by atoms with Crippen LogP contribution in [0.1, 0.15) is 44.6 Å². The molecule has 0 radical (unpaired) electrons. The molecule has 1 aromatic carbocycles. The summed E-state index contributed by atoms with van der Waals surface area (Å²) in [6, 6.07) is 4.98. The number of nitrogens with zero attached hydrogens (tertiary/aromatic N) is 1. The summed E-state index contributed by atoms with van der Waals surface area (Å²) in [5, 5.41) is 2.75. The SMILES string of the molecule is C=CCCOC(C)C(=O)Nc1ccc(C)c(S(=O)(=O)N2CCCCCC2)c1. The lowest BCUT2D eigenvalue weighted by Crippen LogP contribution is -2.32. The molecule has 27 heavy (non-hydrogen) atoms. The van der Waals surface area contributed by atoms with Crippen LogP contribution in [-0.4, -0.2) is 44.4 Å². The Morgan fingerprint density at radius 1 is 1.30 bits per heavy atom. The van der Waals surface area contributed by atoms with Crippen molar-refractivity contribution in [3.05, 3.63) is 36.4 Å². The predicted molar refractivity (Wildman–Crippen MR) is 107 cm³/mol. The Bertz CT molecular complexity index is 753. The van der Waals surface area contributed by atoms with Crippen LogP contribution in [-0.2, 0) is 19.6 Å². The number of nitrogens with one attached hydrogen (secondary N) is 1. The summed E-state index contributed by atoms with van der Waals surface area (Å²) in [5.41, 5.74) is 1.13. The molecule has 0 aliphatic carbocycles. The number of hydrogen-bond acceptors (Lipinski definition) is 4. The number of anilines is 1. The number of amides is 1. The first-order chi connectivity index (χ1) is 12.9. The highest BCUT2D eigenvalue weighted by atomic mass is 32.2. The van der Waals surface area contributed by atoms with E-state index in [4.69, 9.17) is 4.74 Å². The predicted octanol–water partition coefficient (Wildman–Crippen LogP) is 3.48. The Kier molecular flexibility index (Phi) is 8.01. The molecule has 2 rings (SSSR count). The van der Waals surface area contributed by atoms with E-state index in [1.54, 1.807) is 42.4 Å². The number of sulfonamides is 1. The van der Waals surface area contributed by atoms with Crippen molar-refractivity contribution in [2.45, 2.75) is 57.0 Å². The number of carbonyl (C=O) groups excluding carboxylic acids is 1. The van der Waals surface area contributed by atoms with Crippen LogP contribution in [0.5, 0.6) is 0 Å². The summed E-state index contributed by atoms with van der Waals surface area (Å²) in [7, 11) is -3.57. The van der Waals surface area contributed by atoms with E-state index in [0.717, 1.165) is 25.7 Å². The highest BCUT2D eigenvalue weighted by Gasteiger charge is 2.27. The summed E-state index contributed by atoms with van der Waals surface area (Å²) in [6.45, 7) is 8.57. The molecule has 1 fully saturated rings. The van der Waals surface area contributed by atoms with Gasteiger partial charge in [-0.2, -0.15) is 4.31 Å². The molecule has 1 atom stereocenters. The Morgan fingerprint density at radius 3 is 2.59 bits per heavy atom. The fraction of sp³-hybridized carbons (Fsp3) is 0.550. The van der Waals surface area contributed by atoms with Crippen LogP contribution in [0.15, 0.2) is 35.7 Å². The number of carbonyl (C=O) groups is 1. The molecule has 1 aromatic rings. The molecule has 1 aliphatic heterocycles. The summed E-state index contributed by atoms with van der Waals surface area (Å²) in [6.07, 6.45) is 5.65. The van der Waals surface area contributed by atoms with E-state index in [-0.39, 0.29) is 10.8 Å². The van der Waals surface area contributed by atoms with Gasteiger partial charge in [0.1, 0.15) is 6.10 Å². The van der Waals surface area contributed by atoms with Crippen molar-refractivity contribution in [3.8, 4) is 0 Å². The number of aryl methyl sites for hydroxylation is 1. The minimum absolute atomic E-state index is 0.252. The second-order valence-corrected chi connectivity index (χ2v) is 8.78. The molecule has 1 amide bonds. The Labute approximate surface area is 162 Å². The number of benzene rings is 1. The van der Waals surface area contributed by atoms with Crippen LogP contribution >= 0.6 is 0 Å². The van der Waals surface area contributed by atoms with Gasteiger partial charge in [0, 0.05) is 18.8 Å². The molecule has 7 heteroatoms. The summed E-state index contributed by atoms with van der Waals surface area (Å²) in [5.74, 6) is -0.305. The van der Waals surface area contributed by atoms with E-state index < -0.39 is 16.1 Å². The van der Waals surface area contributed by atoms with Crippen molar-refractivity contribution in [2.75, 3.05) is 25.0 Å². The molecule has 1 heterocycles. The minimum Gasteiger partial charge on any atom is -0.368 e. The highest BCUT2D eigenvalue weighted by molar-refractivity contribution is 7.89. The highest BCUT2D eigenvalue weighted by Crippen LogP contribution is 2.26. The van der Waals surface area contributed by atoms with Gasteiger partial charge in [0.05, 0.1) is 11.5 Å². The third-order valence-electron chi connectivity index (χ3n) is 4.70. The van der Waals surface area contributed by atoms with Gasteiger partial charge in [0.2, 0.25) is 10.0 Å². The normalized spacial score (nSPS) is 17.1. The first-order valence-corrected chi connectivity index (χ1v) is 10.9. The average molecular weight is 395 g/mol. The summed E-state index contributed by atoms with van der Waals surface area (Å²) >= 11 is 0. The Balaban J connectivity index is 2.15. The maximum atomic E-state index is 13.1. The van der Waals surface area contributed by atoms with Gasteiger partial charge in [-0.3, -0.25) is 4.79 Å². The van der Waals surface area contributed by atoms with Gasteiger partial charge in [-0.15, -0.1) is 6.58 Å². The van der Waals surface area contributed by atoms with Crippen molar-refractivity contribution in [1.82, 2.24) is 4.31 Å². The fourth-order valence-corrected chi connectivity index (χ4v) is 4.79. The first-order valence-electron chi connectivity index (χ1n) is 9.50.